The molecule has 1 aromatic heterocycles. The van der Waals surface area contributed by atoms with Crippen LogP contribution in [-0.2, 0) is 0 Å². The van der Waals surface area contributed by atoms with Gasteiger partial charge in [-0.2, -0.15) is 21.0 Å². The summed E-state index contributed by atoms with van der Waals surface area (Å²) in [4.78, 5) is 12.4. The van der Waals surface area contributed by atoms with E-state index in [1.165, 1.54) is 0 Å². The van der Waals surface area contributed by atoms with E-state index in [1.54, 1.807) is 18.3 Å². The number of pyridine rings is 1. The molecule has 0 bridgehead atoms. The molecule has 0 unspecified atom stereocenters. The molecule has 0 saturated heterocycles. The largest absolute Gasteiger partial charge is 1.00 e. The number of rotatable bonds is 13. The first-order valence-corrected chi connectivity index (χ1v) is 31.8. The van der Waals surface area contributed by atoms with Crippen LogP contribution < -0.4 is 38.8 Å². The number of benzene rings is 11. The van der Waals surface area contributed by atoms with Crippen LogP contribution in [0.3, 0.4) is 0 Å². The van der Waals surface area contributed by atoms with Crippen molar-refractivity contribution in [2.45, 2.75) is 6.92 Å². The molecular formula is C86H47BF11LiN9O+. The van der Waals surface area contributed by atoms with E-state index >= 15 is 26.3 Å². The summed E-state index contributed by atoms with van der Waals surface area (Å²) in [5.41, 5.74) is -8.09. The minimum atomic E-state index is -2.46. The zero-order chi connectivity index (χ0) is 78.2. The Morgan fingerprint density at radius 2 is 0.743 bits per heavy atom. The van der Waals surface area contributed by atoms with Gasteiger partial charge in [-0.3, -0.25) is 0 Å². The van der Waals surface area contributed by atoms with Gasteiger partial charge in [0.15, 0.2) is 64.4 Å². The maximum atomic E-state index is 15.4. The van der Waals surface area contributed by atoms with Gasteiger partial charge in [-0.1, -0.05) is 158 Å². The summed E-state index contributed by atoms with van der Waals surface area (Å²) in [5, 5.41) is 49.9. The van der Waals surface area contributed by atoms with Crippen LogP contribution >= 0.6 is 0 Å². The molecule has 0 atom stereocenters. The number of allylic oxidation sites excluding steroid dienone is 5. The van der Waals surface area contributed by atoms with E-state index in [1.807, 2.05) is 18.2 Å². The Kier molecular flexibility index (Phi) is 24.9. The molecule has 12 aromatic rings. The Balaban J connectivity index is 0.000000215. The molecule has 0 amide bonds. The van der Waals surface area contributed by atoms with E-state index in [0.717, 1.165) is 93.0 Å². The molecule has 13 rings (SSSR count). The Labute approximate surface area is 633 Å². The molecule has 1 saturated carbocycles. The van der Waals surface area contributed by atoms with Crippen molar-refractivity contribution in [3.05, 3.63) is 390 Å². The first kappa shape index (κ1) is 77.4. The van der Waals surface area contributed by atoms with Crippen molar-refractivity contribution >= 4 is 100 Å². The molecule has 0 spiro atoms. The molecule has 2 radical (unpaired) electrons. The predicted octanol–water partition coefficient (Wildman–Crippen LogP) is 18.5. The van der Waals surface area contributed by atoms with Gasteiger partial charge in [-0.25, -0.2) is 63.0 Å². The molecule has 109 heavy (non-hydrogen) atoms. The van der Waals surface area contributed by atoms with Crippen molar-refractivity contribution in [1.82, 2.24) is 0 Å². The van der Waals surface area contributed by atoms with Gasteiger partial charge < -0.3 is 14.9 Å². The zero-order valence-corrected chi connectivity index (χ0v) is 57.0. The second-order valence-electron chi connectivity index (χ2n) is 23.1. The number of halogens is 11. The average Bonchev–Trinajstić information content (AvgIpc) is 1.54. The summed E-state index contributed by atoms with van der Waals surface area (Å²) in [6.45, 7) is 14.9. The van der Waals surface area contributed by atoms with Crippen molar-refractivity contribution in [2.24, 2.45) is 0 Å². The summed E-state index contributed by atoms with van der Waals surface area (Å²) in [6, 6.07) is 81.2. The van der Waals surface area contributed by atoms with Gasteiger partial charge in [0.05, 0.1) is 46.5 Å². The standard InChI is InChI=1S/C46H36N2.C31H3F11N6.C9H7NO.BH.Li/c1-5-13-41(14-6-1)47(42-15-7-2-8-16-42)45-33-29-39(30-34-45)27-25-37-21-23-38(24-22-37)26-28-40-31-35-46(36-32-40)48(43-17-9-3-10-18-43)44-19-11-4-12-20-44;1-8-9(4-43)20(33)23(36)15(19(8)32)10(5-44)13-14(11(6-45)16-24(37)28(41)31(48-3)29(42)25(16)38)17(13)30(47-2)18-26(39)21(34)12(7-46)22(35)27(18)40;11-8-5-1-3-7-4-2-6-10-9(7)8;;/h1-36H;1H3;1-6,11H;1H;/q;;;;+1/b27-25+,28-26+;;;;/i;;;1D;. The molecule has 1 aliphatic carbocycles. The van der Waals surface area contributed by atoms with E-state index in [-0.39, 0.29) is 24.6 Å². The number of anilines is 6. The molecule has 1 aliphatic rings. The molecule has 522 valence electrons. The molecule has 1 heterocycles. The predicted molar refractivity (Wildman–Crippen MR) is 392 cm³/mol. The number of nitriles is 4. The minimum Gasteiger partial charge on any atom is -0.868 e. The van der Waals surface area contributed by atoms with Gasteiger partial charge >= 0.3 is 18.9 Å². The molecule has 10 nitrogen and oxygen atoms in total. The molecule has 1 N–H and O–H groups in total. The Hall–Kier alpha value is -14.2. The van der Waals surface area contributed by atoms with Gasteiger partial charge in [0.1, 0.15) is 35.7 Å². The number of para-hydroxylation sites is 5. The zero-order valence-electron chi connectivity index (χ0n) is 58.0. The Morgan fingerprint density at radius 3 is 1.09 bits per heavy atom. The van der Waals surface area contributed by atoms with E-state index in [4.69, 9.17) is 25.0 Å². The smallest absolute Gasteiger partial charge is 0.868 e. The normalized spacial score (nSPS) is 12.6. The molecule has 1 fully saturated rings. The molecular weight excluding hydrogens is 1400 g/mol. The SMILES string of the molecule is C(=C\c1ccc(N(c2ccccc2)c2ccccc2)cc1)/c1ccc(/C=C/c2ccc(N(c3ccccc3)c3ccccc3)cc2)cc1.[2H][B].[C-]#[N+]C(=C1C(=C(C#N)c2c(F)c(C)c(C#N)c(F)c2F)C1=C(C#N)c1c(F)c(F)c([N+]#[C-])c(F)c1F)c1c(F)c(F)c(C#N)c(F)c1F.[Li+].[O-]c1cccc2ccc[nH+]c12. The van der Waals surface area contributed by atoms with Crippen LogP contribution in [0.4, 0.5) is 88.1 Å². The second kappa shape index (κ2) is 35.0. The monoisotopic (exact) mass is 1450 g/mol. The number of H-pyrrole nitrogens is 1. The summed E-state index contributed by atoms with van der Waals surface area (Å²) < 4.78 is 169. The number of nitrogens with zero attached hydrogens (tertiary/aromatic N) is 8. The van der Waals surface area contributed by atoms with Gasteiger partial charge in [0.25, 0.3) is 5.69 Å². The van der Waals surface area contributed by atoms with Gasteiger partial charge in [-0.05, 0) is 138 Å². The second-order valence-corrected chi connectivity index (χ2v) is 23.1. The van der Waals surface area contributed by atoms with E-state index in [2.05, 4.69) is 251 Å². The van der Waals surface area contributed by atoms with Gasteiger partial charge in [0, 0.05) is 59.5 Å². The van der Waals surface area contributed by atoms with Crippen LogP contribution in [0.25, 0.3) is 61.7 Å². The van der Waals surface area contributed by atoms with Crippen molar-refractivity contribution in [2.75, 3.05) is 9.80 Å². The van der Waals surface area contributed by atoms with Crippen molar-refractivity contribution in [3.8, 4) is 30.0 Å². The van der Waals surface area contributed by atoms with Crippen molar-refractivity contribution in [1.29, 1.82) is 22.4 Å². The van der Waals surface area contributed by atoms with Crippen LogP contribution in [0.1, 0.15) is 55.6 Å². The van der Waals surface area contributed by atoms with Crippen LogP contribution in [0.2, 0.25) is 0 Å². The third-order valence-corrected chi connectivity index (χ3v) is 16.8. The van der Waals surface area contributed by atoms with Crippen LogP contribution in [-0.4, -0.2) is 9.71 Å². The first-order valence-electron chi connectivity index (χ1n) is 32.4. The third-order valence-electron chi connectivity index (χ3n) is 16.8. The number of nitrogens with one attached hydrogen (secondary N) is 1. The number of hydrogen-bond acceptors (Lipinski definition) is 7. The Bertz CT molecular complexity index is 5330. The van der Waals surface area contributed by atoms with Crippen LogP contribution in [0, 0.1) is 129 Å². The quantitative estimate of drug-likeness (QED) is 0.0279. The summed E-state index contributed by atoms with van der Waals surface area (Å²) >= 11 is 0. The van der Waals surface area contributed by atoms with E-state index in [0.29, 0.717) is 5.52 Å². The minimum absolute atomic E-state index is 0. The van der Waals surface area contributed by atoms with Crippen LogP contribution in [0.5, 0.6) is 5.75 Å². The van der Waals surface area contributed by atoms with E-state index in [9.17, 15) is 37.6 Å². The number of aromatic amines is 1. The average molecular weight is 1450 g/mol. The Morgan fingerprint density at radius 1 is 0.413 bits per heavy atom. The fourth-order valence-corrected chi connectivity index (χ4v) is 11.5. The molecule has 0 aliphatic heterocycles. The maximum Gasteiger partial charge on any atom is 1.00 e. The third kappa shape index (κ3) is 16.2. The summed E-state index contributed by atoms with van der Waals surface area (Å²) in [7, 11) is 3.75. The fraction of sp³-hybridized carbons (Fsp3) is 0.0116. The summed E-state index contributed by atoms with van der Waals surface area (Å²) in [6.07, 6.45) is 10.4. The van der Waals surface area contributed by atoms with Gasteiger partial charge in [0.2, 0.25) is 11.2 Å². The first-order chi connectivity index (χ1) is 52.8. The molecule has 23 heteroatoms. The molecule has 11 aromatic carbocycles. The van der Waals surface area contributed by atoms with Crippen molar-refractivity contribution < 1.29 is 77.2 Å². The number of fused-ring (bicyclic) bond motifs is 1. The van der Waals surface area contributed by atoms with E-state index < -0.39 is 137 Å². The maximum absolute atomic E-state index is 15.4. The van der Waals surface area contributed by atoms with Crippen LogP contribution in [0.15, 0.2) is 247 Å². The van der Waals surface area contributed by atoms with Crippen molar-refractivity contribution in [3.63, 3.8) is 0 Å². The number of hydrogen-bond donors (Lipinski definition) is 0. The fourth-order valence-electron chi connectivity index (χ4n) is 11.5. The number of aromatic nitrogens is 1. The van der Waals surface area contributed by atoms with Gasteiger partial charge in [-0.15, -0.1) is 0 Å². The summed E-state index contributed by atoms with van der Waals surface area (Å²) in [5.74, 6) is -25.5. The topological polar surface area (TPSA) is 148 Å².